The van der Waals surface area contributed by atoms with E-state index in [9.17, 15) is 49.5 Å². The van der Waals surface area contributed by atoms with Gasteiger partial charge < -0.3 is 75.2 Å². The smallest absolute Gasteiger partial charge is 0.341 e. The van der Waals surface area contributed by atoms with Crippen LogP contribution < -0.4 is 42.1 Å². The molecule has 22 nitrogen and oxygen atoms in total. The van der Waals surface area contributed by atoms with Crippen molar-refractivity contribution in [2.45, 2.75) is 163 Å². The standard InChI is InChI=1S/C46H62N4O11.C19H22F2N4O3/c1-22(2)21-50-18-16-46(17-19-50)48-34-31-32-39(54)28(8)42-33(31)43(56)45(10,61-42)59-20-15-30(58-11)25(5)41(60-29(9)51)27(7)38(53)26(6)37(52)23(3)13-12-14-24(4)44(57)47-36(40(32)55)35(34)49-46;1-8-5-24(6-9(2)23-8)17-13(20)15(22)12-16(14(17)21)25(10-3-4-10)7-11(18(12)26)19(27)28/h12-15,20,22-23,25-27,30,37-38,41,52-55H,16-19,21H2,1-11H3,(H,47,57);7-10,23H,3-6,22H2,1-2H3,(H,27,28)/b13-12-,20-15-,24-14+;/t23-,25+,26+,27-,30-,37-,38+,41-,45-;8-,9+/m0./s1. The van der Waals surface area contributed by atoms with Crippen LogP contribution in [0.25, 0.3) is 21.7 Å². The number of aromatic nitrogens is 1. The Hall–Kier alpha value is -7.51. The van der Waals surface area contributed by atoms with Gasteiger partial charge in [-0.15, -0.1) is 0 Å². The Morgan fingerprint density at radius 3 is 2.12 bits per heavy atom. The average molecular weight is 1240 g/mol. The van der Waals surface area contributed by atoms with Crippen molar-refractivity contribution in [1.29, 1.82) is 0 Å². The number of carboxylic acid groups (broad SMARTS) is 1. The number of amides is 1. The van der Waals surface area contributed by atoms with Crippen LogP contribution in [0.5, 0.6) is 17.2 Å². The molecule has 9 N–H and O–H groups in total. The molecule has 1 spiro atoms. The number of piperazine rings is 1. The zero-order valence-electron chi connectivity index (χ0n) is 52.7. The third-order valence-corrected chi connectivity index (χ3v) is 18.3. The summed E-state index contributed by atoms with van der Waals surface area (Å²) in [6, 6.07) is -0.103. The van der Waals surface area contributed by atoms with Gasteiger partial charge in [0.15, 0.2) is 23.0 Å². The molecule has 1 aliphatic carbocycles. The number of nitrogens with two attached hydrogens (primary N) is 1. The number of nitrogens with one attached hydrogen (secondary N) is 2. The fourth-order valence-electron chi connectivity index (χ4n) is 13.3. The van der Waals surface area contributed by atoms with Gasteiger partial charge in [-0.3, -0.25) is 29.2 Å². The van der Waals surface area contributed by atoms with Gasteiger partial charge in [-0.05, 0) is 52.5 Å². The molecular formula is C65H84F2N8O14. The first-order chi connectivity index (χ1) is 41.8. The number of carbonyl (C=O) groups excluding carboxylic acids is 3. The summed E-state index contributed by atoms with van der Waals surface area (Å²) >= 11 is 0. The van der Waals surface area contributed by atoms with E-state index in [0.717, 1.165) is 25.6 Å². The highest BCUT2D eigenvalue weighted by Gasteiger charge is 2.50. The maximum absolute atomic E-state index is 15.6. The van der Waals surface area contributed by atoms with E-state index in [0.29, 0.717) is 44.9 Å². The quantitative estimate of drug-likeness (QED) is 0.0534. The van der Waals surface area contributed by atoms with E-state index >= 15 is 8.78 Å². The van der Waals surface area contributed by atoms with Gasteiger partial charge in [-0.25, -0.2) is 13.6 Å². The number of phenols is 2. The second-order valence-corrected chi connectivity index (χ2v) is 25.8. The van der Waals surface area contributed by atoms with Crippen LogP contribution >= 0.6 is 0 Å². The molecule has 0 unspecified atom stereocenters. The van der Waals surface area contributed by atoms with Crippen molar-refractivity contribution in [2.75, 3.05) is 55.8 Å². The summed E-state index contributed by atoms with van der Waals surface area (Å²) in [4.78, 5) is 79.4. The summed E-state index contributed by atoms with van der Waals surface area (Å²) in [5.74, 6) is -9.78. The van der Waals surface area contributed by atoms with Crippen LogP contribution in [0.1, 0.15) is 134 Å². The molecule has 5 aliphatic heterocycles. The van der Waals surface area contributed by atoms with Gasteiger partial charge in [0.25, 0.3) is 11.7 Å². The van der Waals surface area contributed by atoms with E-state index in [1.54, 1.807) is 70.7 Å². The Balaban J connectivity index is 0.000000278. The molecule has 2 saturated heterocycles. The summed E-state index contributed by atoms with van der Waals surface area (Å²) in [5, 5.41) is 62.4. The number of methoxy groups -OCH3 is 1. The number of aromatic carboxylic acids is 1. The normalized spacial score (nSPS) is 29.5. The van der Waals surface area contributed by atoms with Crippen LogP contribution in [-0.2, 0) is 23.8 Å². The van der Waals surface area contributed by atoms with E-state index in [-0.39, 0.29) is 84.7 Å². The summed E-state index contributed by atoms with van der Waals surface area (Å²) in [6.07, 6.45) is 7.64. The zero-order chi connectivity index (χ0) is 65.2. The number of aliphatic hydroxyl groups is 2. The molecule has 6 aliphatic rings. The van der Waals surface area contributed by atoms with Crippen LogP contribution in [0.2, 0.25) is 0 Å². The maximum atomic E-state index is 15.6. The van der Waals surface area contributed by atoms with Gasteiger partial charge in [0, 0.05) is 131 Å². The number of allylic oxidation sites excluding steroid dienone is 2. The SMILES string of the molecule is CO[C@H]1/C=C\O[C@@]2(C)Oc3c(C)c(O)c4c(O)c(c5c(c4c3C2=O)=NC2(CCN(CC(C)C)CC2)N=5)NC(=O)/C(C)=C/C=C\[C@H](C)[C@H](O)[C@@H](C)[C@@H](O)[C@H](C)[C@@H](OC(C)=O)[C@@H]1C.C[C@@H]1CN(c2c(F)c(N)c3c(=O)c(C(=O)O)cn(C4CC4)c3c2F)C[C@H](C)N1. The number of Topliss-reactive ketones (excluding diaryl/α,β-unsaturated/α-hetero) is 1. The molecule has 1 saturated carbocycles. The number of anilines is 3. The highest BCUT2D eigenvalue weighted by Crippen LogP contribution is 2.50. The number of benzene rings is 3. The molecule has 4 bridgehead atoms. The molecule has 4 aromatic rings. The second kappa shape index (κ2) is 25.4. The van der Waals surface area contributed by atoms with Crippen LogP contribution in [0.15, 0.2) is 57.1 Å². The number of rotatable bonds is 7. The summed E-state index contributed by atoms with van der Waals surface area (Å²) in [5.41, 5.74) is 2.96. The molecule has 89 heavy (non-hydrogen) atoms. The number of ether oxygens (including phenoxy) is 4. The molecule has 1 amide bonds. The summed E-state index contributed by atoms with van der Waals surface area (Å²) in [6.45, 7) is 24.1. The van der Waals surface area contributed by atoms with E-state index < -0.39 is 123 Å². The lowest BCUT2D eigenvalue weighted by molar-refractivity contribution is -0.160. The molecule has 24 heteroatoms. The maximum Gasteiger partial charge on any atom is 0.341 e. The molecule has 482 valence electrons. The van der Waals surface area contributed by atoms with Crippen molar-refractivity contribution in [1.82, 2.24) is 14.8 Å². The Kier molecular flexibility index (Phi) is 18.8. The molecule has 0 radical (unpaired) electrons. The molecular weight excluding hydrogens is 1150 g/mol. The average Bonchev–Trinajstić information content (AvgIpc) is 1.70. The predicted molar refractivity (Wildman–Crippen MR) is 330 cm³/mol. The predicted octanol–water partition coefficient (Wildman–Crippen LogP) is 6.83. The number of pyridine rings is 1. The number of likely N-dealkylation sites (tertiary alicyclic amines) is 1. The number of aromatic hydroxyl groups is 2. The summed E-state index contributed by atoms with van der Waals surface area (Å²) in [7, 11) is 1.47. The number of aliphatic hydroxyl groups excluding tert-OH is 2. The lowest BCUT2D eigenvalue weighted by atomic mass is 9.78. The monoisotopic (exact) mass is 1240 g/mol. The summed E-state index contributed by atoms with van der Waals surface area (Å²) < 4.78 is 56.2. The minimum atomic E-state index is -1.96. The number of nitrogens with zero attached hydrogens (tertiary/aromatic N) is 5. The fraction of sp³-hybridized carbons (Fsp3) is 0.554. The minimum absolute atomic E-state index is 0.0134. The first-order valence-electron chi connectivity index (χ1n) is 30.5. The number of hydrogen-bond donors (Lipinski definition) is 8. The third-order valence-electron chi connectivity index (χ3n) is 18.3. The Bertz CT molecular complexity index is 3790. The molecule has 11 atom stereocenters. The van der Waals surface area contributed by atoms with Crippen molar-refractivity contribution in [3.63, 3.8) is 0 Å². The van der Waals surface area contributed by atoms with Gasteiger partial charge >= 0.3 is 17.7 Å². The van der Waals surface area contributed by atoms with E-state index in [1.165, 1.54) is 31.8 Å². The Morgan fingerprint density at radius 1 is 0.888 bits per heavy atom. The van der Waals surface area contributed by atoms with E-state index in [4.69, 9.17) is 34.7 Å². The lowest BCUT2D eigenvalue weighted by Crippen LogP contribution is -2.54. The highest BCUT2D eigenvalue weighted by molar-refractivity contribution is 6.19. The van der Waals surface area contributed by atoms with Crippen molar-refractivity contribution >= 4 is 62.4 Å². The molecule has 1 aromatic heterocycles. The number of fused-ring (bicyclic) bond motifs is 2. The molecule has 3 aromatic carbocycles. The number of esters is 1. The topological polar surface area (TPSA) is 310 Å². The van der Waals surface area contributed by atoms with Gasteiger partial charge in [-0.1, -0.05) is 59.8 Å². The number of hydrogen-bond acceptors (Lipinski definition) is 19. The number of piperidine rings is 1. The van der Waals surface area contributed by atoms with Crippen molar-refractivity contribution < 1.29 is 72.4 Å². The molecule has 3 fully saturated rings. The van der Waals surface area contributed by atoms with E-state index in [1.807, 2.05) is 13.8 Å². The van der Waals surface area contributed by atoms with Crippen LogP contribution in [0.3, 0.4) is 0 Å². The Labute approximate surface area is 514 Å². The Morgan fingerprint density at radius 2 is 1.53 bits per heavy atom. The van der Waals surface area contributed by atoms with Gasteiger partial charge in [0.2, 0.25) is 5.43 Å². The number of carbonyl (C=O) groups is 4. The number of phenolic OH excluding ortho intramolecular Hbond substituents is 2. The van der Waals surface area contributed by atoms with Crippen LogP contribution in [-0.4, -0.2) is 146 Å². The second-order valence-electron chi connectivity index (χ2n) is 25.8. The first-order valence-corrected chi connectivity index (χ1v) is 30.5. The minimum Gasteiger partial charge on any atom is -0.507 e. The number of ketones is 1. The molecule has 10 rings (SSSR count). The highest BCUT2D eigenvalue weighted by atomic mass is 19.1. The molecule has 6 heterocycles. The number of halogens is 2. The van der Waals surface area contributed by atoms with Crippen LogP contribution in [0, 0.1) is 48.1 Å². The van der Waals surface area contributed by atoms with Crippen molar-refractivity contribution in [3.8, 4) is 17.2 Å². The van der Waals surface area contributed by atoms with Crippen molar-refractivity contribution in [3.05, 3.63) is 91.6 Å². The fourth-order valence-corrected chi connectivity index (χ4v) is 13.3. The van der Waals surface area contributed by atoms with Gasteiger partial charge in [-0.2, -0.15) is 0 Å². The van der Waals surface area contributed by atoms with Crippen molar-refractivity contribution in [2.24, 2.45) is 39.6 Å². The number of carboxylic acids is 1. The van der Waals surface area contributed by atoms with Gasteiger partial charge in [0.05, 0.1) is 57.5 Å². The largest absolute Gasteiger partial charge is 0.507 e. The van der Waals surface area contributed by atoms with E-state index in [2.05, 4.69) is 29.4 Å². The lowest BCUT2D eigenvalue weighted by Gasteiger charge is -2.38. The van der Waals surface area contributed by atoms with Crippen LogP contribution in [0.4, 0.5) is 25.8 Å². The third kappa shape index (κ3) is 12.5. The number of nitrogen functional groups attached to an aromatic ring is 1. The zero-order valence-corrected chi connectivity index (χ0v) is 52.7. The first kappa shape index (κ1) is 65.9. The van der Waals surface area contributed by atoms with Gasteiger partial charge in [0.1, 0.15) is 39.9 Å².